The topological polar surface area (TPSA) is 62.3 Å². The van der Waals surface area contributed by atoms with E-state index in [0.29, 0.717) is 28.1 Å². The first-order valence-electron chi connectivity index (χ1n) is 9.40. The van der Waals surface area contributed by atoms with Crippen LogP contribution in [0.1, 0.15) is 20.7 Å². The van der Waals surface area contributed by atoms with Gasteiger partial charge < -0.3 is 5.32 Å². The summed E-state index contributed by atoms with van der Waals surface area (Å²) in [5.41, 5.74) is 2.75. The number of imide groups is 1. The molecule has 0 aliphatic carbocycles. The van der Waals surface area contributed by atoms with Crippen LogP contribution in [-0.2, 0) is 0 Å². The van der Waals surface area contributed by atoms with Crippen molar-refractivity contribution in [1.29, 1.82) is 0 Å². The van der Waals surface area contributed by atoms with Crippen LogP contribution in [0.2, 0.25) is 5.02 Å². The number of nitrogens with zero attached hydrogens (tertiary/aromatic N) is 2. The number of pyridine rings is 1. The van der Waals surface area contributed by atoms with E-state index in [1.165, 1.54) is 4.90 Å². The van der Waals surface area contributed by atoms with Crippen LogP contribution in [0.5, 0.6) is 0 Å². The maximum absolute atomic E-state index is 13.1. The Morgan fingerprint density at radius 3 is 2.60 bits per heavy atom. The van der Waals surface area contributed by atoms with Gasteiger partial charge in [0, 0.05) is 56.4 Å². The highest BCUT2D eigenvalue weighted by molar-refractivity contribution is 9.10. The molecule has 2 amide bonds. The lowest BCUT2D eigenvalue weighted by atomic mass is 9.94. The highest BCUT2D eigenvalue weighted by Gasteiger charge is 2.32. The second kappa shape index (κ2) is 7.38. The molecule has 0 saturated carbocycles. The minimum atomic E-state index is -0.274. The van der Waals surface area contributed by atoms with E-state index in [2.05, 4.69) is 26.2 Å². The quantitative estimate of drug-likeness (QED) is 0.391. The maximum atomic E-state index is 13.1. The molecule has 1 aromatic heterocycles. The number of benzene rings is 3. The summed E-state index contributed by atoms with van der Waals surface area (Å²) in [7, 11) is 0. The highest BCUT2D eigenvalue weighted by atomic mass is 79.9. The number of rotatable bonds is 4. The second-order valence-corrected chi connectivity index (χ2v) is 8.32. The van der Waals surface area contributed by atoms with Crippen LogP contribution in [0, 0.1) is 0 Å². The van der Waals surface area contributed by atoms with Gasteiger partial charge in [-0.05, 0) is 47.9 Å². The Morgan fingerprint density at radius 2 is 1.77 bits per heavy atom. The molecular weight excluding hydrogens is 466 g/mol. The van der Waals surface area contributed by atoms with E-state index in [-0.39, 0.29) is 18.4 Å². The fraction of sp³-hybridized carbons (Fsp3) is 0.0870. The molecule has 148 valence electrons. The zero-order chi connectivity index (χ0) is 20.8. The monoisotopic (exact) mass is 479 g/mol. The first-order chi connectivity index (χ1) is 14.5. The van der Waals surface area contributed by atoms with Gasteiger partial charge in [-0.15, -0.1) is 0 Å². The Hall–Kier alpha value is -2.96. The molecule has 1 N–H and O–H groups in total. The predicted octanol–water partition coefficient (Wildman–Crippen LogP) is 5.51. The molecule has 30 heavy (non-hydrogen) atoms. The largest absolute Gasteiger partial charge is 0.383 e. The van der Waals surface area contributed by atoms with Gasteiger partial charge in [0.2, 0.25) is 0 Å². The molecule has 0 fully saturated rings. The second-order valence-electron chi connectivity index (χ2n) is 7.03. The summed E-state index contributed by atoms with van der Waals surface area (Å²) in [4.78, 5) is 31.7. The number of halogens is 2. The standard InChI is InChI=1S/C23H15BrClN3O2/c24-18-7-6-17-21-14(18)2-1-3-16(21)22(29)28(23(17)30)11-10-27-19-8-9-26-20-12-13(25)4-5-15(19)20/h1-9,12H,10-11H2,(H,26,27). The number of nitrogens with one attached hydrogen (secondary N) is 1. The van der Waals surface area contributed by atoms with Crippen LogP contribution in [0.25, 0.3) is 21.7 Å². The van der Waals surface area contributed by atoms with Crippen molar-refractivity contribution in [2.75, 3.05) is 18.4 Å². The van der Waals surface area contributed by atoms with Crippen LogP contribution in [-0.4, -0.2) is 34.8 Å². The average Bonchev–Trinajstić information content (AvgIpc) is 2.75. The van der Waals surface area contributed by atoms with Gasteiger partial charge in [0.1, 0.15) is 0 Å². The predicted molar refractivity (Wildman–Crippen MR) is 122 cm³/mol. The maximum Gasteiger partial charge on any atom is 0.261 e. The number of carbonyl (C=O) groups excluding carboxylic acids is 2. The first-order valence-corrected chi connectivity index (χ1v) is 10.6. The summed E-state index contributed by atoms with van der Waals surface area (Å²) in [5, 5.41) is 6.45. The van der Waals surface area contributed by atoms with E-state index in [9.17, 15) is 9.59 Å². The summed E-state index contributed by atoms with van der Waals surface area (Å²) in [5.74, 6) is -0.547. The third-order valence-electron chi connectivity index (χ3n) is 5.29. The van der Waals surface area contributed by atoms with Crippen LogP contribution in [0.4, 0.5) is 5.69 Å². The van der Waals surface area contributed by atoms with Gasteiger partial charge in [-0.3, -0.25) is 19.5 Å². The molecule has 1 aliphatic rings. The number of amides is 2. The minimum Gasteiger partial charge on any atom is -0.383 e. The number of aromatic nitrogens is 1. The Balaban J connectivity index is 1.41. The van der Waals surface area contributed by atoms with E-state index in [0.717, 1.165) is 26.4 Å². The molecule has 5 rings (SSSR count). The van der Waals surface area contributed by atoms with Crippen LogP contribution >= 0.6 is 27.5 Å². The van der Waals surface area contributed by atoms with Crippen LogP contribution in [0.15, 0.2) is 65.3 Å². The lowest BCUT2D eigenvalue weighted by Gasteiger charge is -2.27. The van der Waals surface area contributed by atoms with E-state index in [4.69, 9.17) is 11.6 Å². The smallest absolute Gasteiger partial charge is 0.261 e. The lowest BCUT2D eigenvalue weighted by Crippen LogP contribution is -2.42. The molecule has 0 bridgehead atoms. The van der Waals surface area contributed by atoms with Gasteiger partial charge in [0.25, 0.3) is 11.8 Å². The Bertz CT molecular complexity index is 1330. The van der Waals surface area contributed by atoms with Gasteiger partial charge in [0.15, 0.2) is 0 Å². The van der Waals surface area contributed by atoms with Crippen molar-refractivity contribution < 1.29 is 9.59 Å². The first kappa shape index (κ1) is 19.0. The van der Waals surface area contributed by atoms with Crippen molar-refractivity contribution in [1.82, 2.24) is 9.88 Å². The summed E-state index contributed by atoms with van der Waals surface area (Å²) in [6.07, 6.45) is 1.70. The third kappa shape index (κ3) is 3.04. The number of hydrogen-bond acceptors (Lipinski definition) is 4. The molecule has 0 atom stereocenters. The highest BCUT2D eigenvalue weighted by Crippen LogP contribution is 2.34. The molecule has 3 aromatic carbocycles. The molecule has 0 radical (unpaired) electrons. The van der Waals surface area contributed by atoms with Gasteiger partial charge in [0.05, 0.1) is 5.52 Å². The van der Waals surface area contributed by atoms with E-state index < -0.39 is 0 Å². The van der Waals surface area contributed by atoms with Gasteiger partial charge in [-0.1, -0.05) is 39.7 Å². The van der Waals surface area contributed by atoms with E-state index in [1.54, 1.807) is 24.4 Å². The summed E-state index contributed by atoms with van der Waals surface area (Å²) >= 11 is 9.55. The number of fused-ring (bicyclic) bond motifs is 1. The van der Waals surface area contributed by atoms with Gasteiger partial charge in [-0.2, -0.15) is 0 Å². The Labute approximate surface area is 185 Å². The van der Waals surface area contributed by atoms with Crippen LogP contribution in [0.3, 0.4) is 0 Å². The molecule has 0 saturated heterocycles. The molecule has 1 aliphatic heterocycles. The van der Waals surface area contributed by atoms with E-state index >= 15 is 0 Å². The van der Waals surface area contributed by atoms with Gasteiger partial charge >= 0.3 is 0 Å². The van der Waals surface area contributed by atoms with Crippen molar-refractivity contribution in [3.05, 3.63) is 81.4 Å². The molecule has 7 heteroatoms. The summed E-state index contributed by atoms with van der Waals surface area (Å²) < 4.78 is 0.864. The number of hydrogen-bond donors (Lipinski definition) is 1. The van der Waals surface area contributed by atoms with Crippen molar-refractivity contribution in [2.24, 2.45) is 0 Å². The summed E-state index contributed by atoms with van der Waals surface area (Å²) in [6, 6.07) is 16.5. The fourth-order valence-electron chi connectivity index (χ4n) is 3.89. The third-order valence-corrected chi connectivity index (χ3v) is 6.22. The molecule has 0 unspecified atom stereocenters. The molecular formula is C23H15BrClN3O2. The lowest BCUT2D eigenvalue weighted by molar-refractivity contribution is 0.0617. The Morgan fingerprint density at radius 1 is 0.967 bits per heavy atom. The van der Waals surface area contributed by atoms with Crippen molar-refractivity contribution in [2.45, 2.75) is 0 Å². The van der Waals surface area contributed by atoms with Crippen molar-refractivity contribution in [3.8, 4) is 0 Å². The van der Waals surface area contributed by atoms with Gasteiger partial charge in [-0.25, -0.2) is 0 Å². The molecule has 5 nitrogen and oxygen atoms in total. The fourth-order valence-corrected chi connectivity index (χ4v) is 4.52. The molecule has 2 heterocycles. The number of carbonyl (C=O) groups is 2. The molecule has 0 spiro atoms. The average molecular weight is 481 g/mol. The van der Waals surface area contributed by atoms with Crippen molar-refractivity contribution >= 4 is 66.7 Å². The SMILES string of the molecule is O=C1c2cccc3c(Br)ccc(c23)C(=O)N1CCNc1ccnc2cc(Cl)ccc12. The number of anilines is 1. The zero-order valence-electron chi connectivity index (χ0n) is 15.7. The van der Waals surface area contributed by atoms with E-state index in [1.807, 2.05) is 36.4 Å². The van der Waals surface area contributed by atoms with Crippen molar-refractivity contribution in [3.63, 3.8) is 0 Å². The zero-order valence-corrected chi connectivity index (χ0v) is 18.0. The minimum absolute atomic E-state index is 0.251. The normalized spacial score (nSPS) is 13.3. The summed E-state index contributed by atoms with van der Waals surface area (Å²) in [6.45, 7) is 0.669. The van der Waals surface area contributed by atoms with Crippen LogP contribution < -0.4 is 5.32 Å². The Kier molecular flexibility index (Phi) is 4.68. The molecule has 4 aromatic rings.